The second kappa shape index (κ2) is 7.40. The van der Waals surface area contributed by atoms with Crippen LogP contribution in [0.25, 0.3) is 0 Å². The SMILES string of the molecule is C.CC(C)(C)OC(=O)N1CCN(c2ncc(CO)cn2)CC1. The van der Waals surface area contributed by atoms with Gasteiger partial charge in [-0.1, -0.05) is 7.43 Å². The van der Waals surface area contributed by atoms with Crippen molar-refractivity contribution < 1.29 is 14.6 Å². The number of aliphatic hydroxyl groups is 1. The van der Waals surface area contributed by atoms with Crippen LogP contribution in [-0.2, 0) is 11.3 Å². The van der Waals surface area contributed by atoms with E-state index in [1.165, 1.54) is 0 Å². The lowest BCUT2D eigenvalue weighted by Gasteiger charge is -2.35. The summed E-state index contributed by atoms with van der Waals surface area (Å²) in [4.78, 5) is 24.1. The lowest BCUT2D eigenvalue weighted by molar-refractivity contribution is 0.0240. The number of hydrogen-bond acceptors (Lipinski definition) is 6. The average Bonchev–Trinajstić information content (AvgIpc) is 2.46. The average molecular weight is 310 g/mol. The van der Waals surface area contributed by atoms with Crippen molar-refractivity contribution in [1.29, 1.82) is 0 Å². The maximum Gasteiger partial charge on any atom is 0.410 e. The number of rotatable bonds is 2. The van der Waals surface area contributed by atoms with E-state index in [0.29, 0.717) is 37.7 Å². The molecule has 1 aliphatic rings. The number of anilines is 1. The van der Waals surface area contributed by atoms with Crippen LogP contribution < -0.4 is 4.90 Å². The van der Waals surface area contributed by atoms with Crippen molar-refractivity contribution in [3.05, 3.63) is 18.0 Å². The normalized spacial score (nSPS) is 15.3. The molecular formula is C15H26N4O3. The third kappa shape index (κ3) is 4.84. The van der Waals surface area contributed by atoms with Crippen molar-refractivity contribution in [2.24, 2.45) is 0 Å². The van der Waals surface area contributed by atoms with Crippen LogP contribution in [0.3, 0.4) is 0 Å². The molecule has 1 amide bonds. The van der Waals surface area contributed by atoms with Crippen LogP contribution in [0.2, 0.25) is 0 Å². The van der Waals surface area contributed by atoms with E-state index in [1.54, 1.807) is 17.3 Å². The lowest BCUT2D eigenvalue weighted by atomic mass is 10.2. The molecule has 0 radical (unpaired) electrons. The van der Waals surface area contributed by atoms with Gasteiger partial charge in [0.25, 0.3) is 0 Å². The Labute approximate surface area is 131 Å². The first kappa shape index (κ1) is 18.2. The smallest absolute Gasteiger partial charge is 0.410 e. The molecule has 1 aromatic heterocycles. The molecule has 0 bridgehead atoms. The highest BCUT2D eigenvalue weighted by Gasteiger charge is 2.26. The summed E-state index contributed by atoms with van der Waals surface area (Å²) in [5.41, 5.74) is 0.211. The van der Waals surface area contributed by atoms with Crippen molar-refractivity contribution in [1.82, 2.24) is 14.9 Å². The number of amides is 1. The Morgan fingerprint density at radius 1 is 1.23 bits per heavy atom. The highest BCUT2D eigenvalue weighted by molar-refractivity contribution is 5.68. The predicted octanol–water partition coefficient (Wildman–Crippen LogP) is 1.66. The van der Waals surface area contributed by atoms with E-state index in [9.17, 15) is 4.79 Å². The minimum atomic E-state index is -0.475. The molecule has 22 heavy (non-hydrogen) atoms. The van der Waals surface area contributed by atoms with E-state index in [-0.39, 0.29) is 20.1 Å². The Balaban J connectivity index is 0.00000242. The van der Waals surface area contributed by atoms with Gasteiger partial charge in [-0.2, -0.15) is 0 Å². The van der Waals surface area contributed by atoms with Crippen LogP contribution in [0.15, 0.2) is 12.4 Å². The molecule has 0 aliphatic carbocycles. The number of nitrogens with zero attached hydrogens (tertiary/aromatic N) is 4. The molecule has 2 heterocycles. The summed E-state index contributed by atoms with van der Waals surface area (Å²) in [6.07, 6.45) is 2.95. The first-order chi connectivity index (χ1) is 9.89. The standard InChI is InChI=1S/C14H22N4O3.CH4/c1-14(2,3)21-13(20)18-6-4-17(5-7-18)12-15-8-11(10-19)9-16-12;/h8-9,19H,4-7,10H2,1-3H3;1H4. The molecule has 0 aromatic carbocycles. The lowest BCUT2D eigenvalue weighted by Crippen LogP contribution is -2.50. The van der Waals surface area contributed by atoms with Crippen LogP contribution in [0.4, 0.5) is 10.7 Å². The Kier molecular flexibility index (Phi) is 6.11. The van der Waals surface area contributed by atoms with Gasteiger partial charge in [-0.25, -0.2) is 14.8 Å². The van der Waals surface area contributed by atoms with Gasteiger partial charge in [0, 0.05) is 44.1 Å². The molecule has 0 saturated carbocycles. The van der Waals surface area contributed by atoms with Crippen molar-refractivity contribution >= 4 is 12.0 Å². The molecule has 7 nitrogen and oxygen atoms in total. The van der Waals surface area contributed by atoms with Gasteiger partial charge in [-0.3, -0.25) is 0 Å². The zero-order valence-corrected chi connectivity index (χ0v) is 12.7. The van der Waals surface area contributed by atoms with E-state index in [0.717, 1.165) is 0 Å². The Morgan fingerprint density at radius 2 is 1.77 bits per heavy atom. The summed E-state index contributed by atoms with van der Waals surface area (Å²) >= 11 is 0. The summed E-state index contributed by atoms with van der Waals surface area (Å²) < 4.78 is 5.36. The Morgan fingerprint density at radius 3 is 2.23 bits per heavy atom. The molecular weight excluding hydrogens is 284 g/mol. The predicted molar refractivity (Wildman–Crippen MR) is 84.7 cm³/mol. The quantitative estimate of drug-likeness (QED) is 0.895. The molecule has 0 unspecified atom stereocenters. The number of hydrogen-bond donors (Lipinski definition) is 1. The molecule has 124 valence electrons. The van der Waals surface area contributed by atoms with Gasteiger partial charge in [0.15, 0.2) is 0 Å². The first-order valence-corrected chi connectivity index (χ1v) is 7.04. The number of carbonyl (C=O) groups excluding carboxylic acids is 1. The molecule has 0 spiro atoms. The molecule has 0 atom stereocenters. The summed E-state index contributed by atoms with van der Waals surface area (Å²) in [5, 5.41) is 8.98. The number of aliphatic hydroxyl groups excluding tert-OH is 1. The van der Waals surface area contributed by atoms with Gasteiger partial charge >= 0.3 is 6.09 Å². The van der Waals surface area contributed by atoms with Gasteiger partial charge in [0.2, 0.25) is 5.95 Å². The van der Waals surface area contributed by atoms with E-state index in [1.807, 2.05) is 25.7 Å². The molecule has 1 saturated heterocycles. The Bertz CT molecular complexity index is 477. The fourth-order valence-electron chi connectivity index (χ4n) is 2.01. The second-order valence-electron chi connectivity index (χ2n) is 6.00. The largest absolute Gasteiger partial charge is 0.444 e. The van der Waals surface area contributed by atoms with Crippen molar-refractivity contribution in [3.63, 3.8) is 0 Å². The van der Waals surface area contributed by atoms with E-state index in [2.05, 4.69) is 9.97 Å². The molecule has 1 aromatic rings. The second-order valence-corrected chi connectivity index (χ2v) is 6.00. The van der Waals surface area contributed by atoms with Gasteiger partial charge in [-0.15, -0.1) is 0 Å². The van der Waals surface area contributed by atoms with E-state index >= 15 is 0 Å². The molecule has 7 heteroatoms. The molecule has 2 rings (SSSR count). The first-order valence-electron chi connectivity index (χ1n) is 7.04. The van der Waals surface area contributed by atoms with Crippen LogP contribution in [-0.4, -0.2) is 57.8 Å². The minimum absolute atomic E-state index is 0. The summed E-state index contributed by atoms with van der Waals surface area (Å²) in [5.74, 6) is 0.621. The summed E-state index contributed by atoms with van der Waals surface area (Å²) in [7, 11) is 0. The number of piperazine rings is 1. The number of aromatic nitrogens is 2. The van der Waals surface area contributed by atoms with Crippen molar-refractivity contribution in [3.8, 4) is 0 Å². The number of ether oxygens (including phenoxy) is 1. The van der Waals surface area contributed by atoms with E-state index < -0.39 is 5.60 Å². The molecule has 1 fully saturated rings. The number of carbonyl (C=O) groups is 1. The highest BCUT2D eigenvalue weighted by Crippen LogP contribution is 2.14. The van der Waals surface area contributed by atoms with Gasteiger partial charge in [-0.05, 0) is 20.8 Å². The van der Waals surface area contributed by atoms with Crippen molar-refractivity contribution in [2.75, 3.05) is 31.1 Å². The van der Waals surface area contributed by atoms with Crippen LogP contribution in [0, 0.1) is 0 Å². The van der Waals surface area contributed by atoms with Gasteiger partial charge in [0.05, 0.1) is 6.61 Å². The Hall–Kier alpha value is -1.89. The van der Waals surface area contributed by atoms with Crippen LogP contribution >= 0.6 is 0 Å². The third-order valence-corrected chi connectivity index (χ3v) is 3.09. The van der Waals surface area contributed by atoms with Crippen molar-refractivity contribution in [2.45, 2.75) is 40.4 Å². The third-order valence-electron chi connectivity index (χ3n) is 3.09. The van der Waals surface area contributed by atoms with Crippen LogP contribution in [0.5, 0.6) is 0 Å². The molecule has 1 N–H and O–H groups in total. The molecule has 1 aliphatic heterocycles. The topological polar surface area (TPSA) is 78.8 Å². The van der Waals surface area contributed by atoms with Gasteiger partial charge < -0.3 is 19.6 Å². The monoisotopic (exact) mass is 310 g/mol. The fraction of sp³-hybridized carbons (Fsp3) is 0.667. The summed E-state index contributed by atoms with van der Waals surface area (Å²) in [6.45, 7) is 8.01. The van der Waals surface area contributed by atoms with Crippen LogP contribution in [0.1, 0.15) is 33.8 Å². The maximum absolute atomic E-state index is 12.0. The maximum atomic E-state index is 12.0. The van der Waals surface area contributed by atoms with Gasteiger partial charge in [0.1, 0.15) is 5.60 Å². The fourth-order valence-corrected chi connectivity index (χ4v) is 2.01. The zero-order valence-electron chi connectivity index (χ0n) is 12.7. The highest BCUT2D eigenvalue weighted by atomic mass is 16.6. The minimum Gasteiger partial charge on any atom is -0.444 e. The van der Waals surface area contributed by atoms with E-state index in [4.69, 9.17) is 9.84 Å². The zero-order chi connectivity index (χ0) is 15.5. The summed E-state index contributed by atoms with van der Waals surface area (Å²) in [6, 6.07) is 0.